The molecule has 0 spiro atoms. The van der Waals surface area contributed by atoms with E-state index in [1.165, 1.54) is 0 Å². The Hall–Kier alpha value is -0.360. The van der Waals surface area contributed by atoms with Crippen LogP contribution in [0, 0.1) is 0 Å². The molecule has 0 aliphatic rings. The summed E-state index contributed by atoms with van der Waals surface area (Å²) in [6, 6.07) is 0. The zero-order chi connectivity index (χ0) is 10.3. The molecule has 0 aromatic rings. The summed E-state index contributed by atoms with van der Waals surface area (Å²) >= 11 is 0. The Morgan fingerprint density at radius 3 is 2.31 bits per heavy atom. The standard InChI is InChI=1S/C7H14F4N2/c1-12-3-2-4-13-5-7(10,11)6(8)9/h6,12-13H,2-5H2,1H3. The third-order valence-corrected chi connectivity index (χ3v) is 1.46. The van der Waals surface area contributed by atoms with Gasteiger partial charge in [0.1, 0.15) is 0 Å². The Kier molecular flexibility index (Phi) is 5.98. The second-order valence-electron chi connectivity index (χ2n) is 2.70. The van der Waals surface area contributed by atoms with Gasteiger partial charge in [0.25, 0.3) is 0 Å². The van der Waals surface area contributed by atoms with Crippen molar-refractivity contribution in [1.29, 1.82) is 0 Å². The summed E-state index contributed by atoms with van der Waals surface area (Å²) in [4.78, 5) is 0. The first-order valence-electron chi connectivity index (χ1n) is 4.02. The third kappa shape index (κ3) is 5.81. The maximum atomic E-state index is 12.2. The molecule has 0 aromatic carbocycles. The lowest BCUT2D eigenvalue weighted by atomic mass is 10.3. The SMILES string of the molecule is CNCCCNCC(F)(F)C(F)F. The number of alkyl halides is 4. The van der Waals surface area contributed by atoms with Gasteiger partial charge in [0.05, 0.1) is 6.54 Å². The van der Waals surface area contributed by atoms with Crippen LogP contribution in [-0.2, 0) is 0 Å². The van der Waals surface area contributed by atoms with Crippen molar-refractivity contribution in [2.75, 3.05) is 26.7 Å². The second kappa shape index (κ2) is 6.15. The van der Waals surface area contributed by atoms with Crippen LogP contribution in [0.15, 0.2) is 0 Å². The van der Waals surface area contributed by atoms with Crippen molar-refractivity contribution in [3.05, 3.63) is 0 Å². The van der Waals surface area contributed by atoms with Crippen LogP contribution in [-0.4, -0.2) is 39.0 Å². The molecule has 0 aliphatic carbocycles. The van der Waals surface area contributed by atoms with E-state index in [9.17, 15) is 17.6 Å². The largest absolute Gasteiger partial charge is 0.320 e. The lowest BCUT2D eigenvalue weighted by molar-refractivity contribution is -0.125. The van der Waals surface area contributed by atoms with E-state index < -0.39 is 18.9 Å². The molecular formula is C7H14F4N2. The highest BCUT2D eigenvalue weighted by Gasteiger charge is 2.39. The lowest BCUT2D eigenvalue weighted by Gasteiger charge is -2.15. The highest BCUT2D eigenvalue weighted by atomic mass is 19.3. The molecule has 0 radical (unpaired) electrons. The Morgan fingerprint density at radius 2 is 1.85 bits per heavy atom. The zero-order valence-corrected chi connectivity index (χ0v) is 7.42. The number of hydrogen-bond donors (Lipinski definition) is 2. The summed E-state index contributed by atoms with van der Waals surface area (Å²) < 4.78 is 47.6. The predicted octanol–water partition coefficient (Wildman–Crippen LogP) is 1.09. The first kappa shape index (κ1) is 12.6. The van der Waals surface area contributed by atoms with Gasteiger partial charge in [0.2, 0.25) is 0 Å². The minimum atomic E-state index is -3.92. The number of hydrogen-bond acceptors (Lipinski definition) is 2. The molecule has 13 heavy (non-hydrogen) atoms. The Labute approximate surface area is 74.7 Å². The van der Waals surface area contributed by atoms with E-state index in [2.05, 4.69) is 10.6 Å². The van der Waals surface area contributed by atoms with Crippen molar-refractivity contribution < 1.29 is 17.6 Å². The van der Waals surface area contributed by atoms with E-state index in [0.29, 0.717) is 19.5 Å². The van der Waals surface area contributed by atoms with Gasteiger partial charge < -0.3 is 10.6 Å². The molecule has 0 saturated carbocycles. The molecule has 0 atom stereocenters. The third-order valence-electron chi connectivity index (χ3n) is 1.46. The summed E-state index contributed by atoms with van der Waals surface area (Å²) in [5.41, 5.74) is 0. The summed E-state index contributed by atoms with van der Waals surface area (Å²) in [6.45, 7) is 0.0186. The molecule has 0 saturated heterocycles. The summed E-state index contributed by atoms with van der Waals surface area (Å²) in [6.07, 6.45) is -2.96. The number of rotatable bonds is 7. The Bertz CT molecular complexity index is 130. The van der Waals surface area contributed by atoms with Gasteiger partial charge >= 0.3 is 12.3 Å². The molecule has 0 amide bonds. The monoisotopic (exact) mass is 202 g/mol. The van der Waals surface area contributed by atoms with Gasteiger partial charge in [-0.15, -0.1) is 0 Å². The normalized spacial score (nSPS) is 12.5. The van der Waals surface area contributed by atoms with Gasteiger partial charge in [-0.25, -0.2) is 8.78 Å². The smallest absolute Gasteiger partial charge is 0.319 e. The van der Waals surface area contributed by atoms with Gasteiger partial charge in [0.15, 0.2) is 0 Å². The van der Waals surface area contributed by atoms with Crippen molar-refractivity contribution in [2.24, 2.45) is 0 Å². The van der Waals surface area contributed by atoms with E-state index in [0.717, 1.165) is 0 Å². The molecule has 0 bridgehead atoms. The summed E-state index contributed by atoms with van der Waals surface area (Å²) in [5.74, 6) is -3.92. The van der Waals surface area contributed by atoms with Crippen molar-refractivity contribution in [2.45, 2.75) is 18.8 Å². The molecule has 2 N–H and O–H groups in total. The fourth-order valence-electron chi connectivity index (χ4n) is 0.722. The first-order valence-corrected chi connectivity index (χ1v) is 4.02. The molecule has 0 heterocycles. The van der Waals surface area contributed by atoms with Gasteiger partial charge in [-0.2, -0.15) is 8.78 Å². The highest BCUT2D eigenvalue weighted by Crippen LogP contribution is 2.21. The number of nitrogens with one attached hydrogen (secondary N) is 2. The molecule has 2 nitrogen and oxygen atoms in total. The van der Waals surface area contributed by atoms with Gasteiger partial charge in [-0.1, -0.05) is 0 Å². The molecule has 6 heteroatoms. The molecule has 0 aromatic heterocycles. The van der Waals surface area contributed by atoms with Crippen LogP contribution in [0.1, 0.15) is 6.42 Å². The van der Waals surface area contributed by atoms with Crippen LogP contribution in [0.5, 0.6) is 0 Å². The topological polar surface area (TPSA) is 24.1 Å². The minimum Gasteiger partial charge on any atom is -0.320 e. The minimum absolute atomic E-state index is 0.309. The molecule has 0 aliphatic heterocycles. The van der Waals surface area contributed by atoms with Gasteiger partial charge in [0, 0.05) is 0 Å². The summed E-state index contributed by atoms with van der Waals surface area (Å²) in [7, 11) is 1.73. The van der Waals surface area contributed by atoms with Crippen LogP contribution in [0.25, 0.3) is 0 Å². The second-order valence-corrected chi connectivity index (χ2v) is 2.70. The van der Waals surface area contributed by atoms with Crippen LogP contribution in [0.4, 0.5) is 17.6 Å². The van der Waals surface area contributed by atoms with E-state index in [1.807, 2.05) is 0 Å². The van der Waals surface area contributed by atoms with Crippen LogP contribution < -0.4 is 10.6 Å². The number of halogens is 4. The quantitative estimate of drug-likeness (QED) is 0.477. The average Bonchev–Trinajstić information content (AvgIpc) is 2.03. The van der Waals surface area contributed by atoms with Crippen LogP contribution >= 0.6 is 0 Å². The Balaban J connectivity index is 3.41. The average molecular weight is 202 g/mol. The van der Waals surface area contributed by atoms with E-state index in [4.69, 9.17) is 0 Å². The maximum Gasteiger partial charge on any atom is 0.319 e. The van der Waals surface area contributed by atoms with Crippen molar-refractivity contribution >= 4 is 0 Å². The molecular weight excluding hydrogens is 188 g/mol. The van der Waals surface area contributed by atoms with Crippen LogP contribution in [0.2, 0.25) is 0 Å². The lowest BCUT2D eigenvalue weighted by Crippen LogP contribution is -2.39. The van der Waals surface area contributed by atoms with Crippen molar-refractivity contribution in [1.82, 2.24) is 10.6 Å². The fraction of sp³-hybridized carbons (Fsp3) is 1.00. The molecule has 0 fully saturated rings. The molecule has 80 valence electrons. The van der Waals surface area contributed by atoms with Crippen LogP contribution in [0.3, 0.4) is 0 Å². The molecule has 0 unspecified atom stereocenters. The van der Waals surface area contributed by atoms with Crippen molar-refractivity contribution in [3.63, 3.8) is 0 Å². The first-order chi connectivity index (χ1) is 6.00. The van der Waals surface area contributed by atoms with Gasteiger partial charge in [-0.3, -0.25) is 0 Å². The summed E-state index contributed by atoms with van der Waals surface area (Å²) in [5, 5.41) is 5.08. The maximum absolute atomic E-state index is 12.2. The fourth-order valence-corrected chi connectivity index (χ4v) is 0.722. The zero-order valence-electron chi connectivity index (χ0n) is 7.42. The van der Waals surface area contributed by atoms with Gasteiger partial charge in [-0.05, 0) is 26.6 Å². The predicted molar refractivity (Wildman–Crippen MR) is 42.4 cm³/mol. The van der Waals surface area contributed by atoms with Crippen molar-refractivity contribution in [3.8, 4) is 0 Å². The highest BCUT2D eigenvalue weighted by molar-refractivity contribution is 4.71. The van der Waals surface area contributed by atoms with E-state index in [1.54, 1.807) is 7.05 Å². The van der Waals surface area contributed by atoms with E-state index >= 15 is 0 Å². The van der Waals surface area contributed by atoms with E-state index in [-0.39, 0.29) is 0 Å². The molecule has 0 rings (SSSR count). The Morgan fingerprint density at radius 1 is 1.23 bits per heavy atom.